The van der Waals surface area contributed by atoms with Crippen LogP contribution >= 0.6 is 0 Å². The Morgan fingerprint density at radius 2 is 1.65 bits per heavy atom. The van der Waals surface area contributed by atoms with Crippen LogP contribution in [0.2, 0.25) is 0 Å². The number of nitrogens with two attached hydrogens (primary N) is 1. The molecule has 0 aliphatic carbocycles. The molecule has 2 rings (SSSR count). The Hall–Kier alpha value is -1.87. The molecule has 20 heavy (non-hydrogen) atoms. The maximum Gasteiger partial charge on any atom is 0.253 e. The Balaban J connectivity index is 2.39. The Kier molecular flexibility index (Phi) is 3.82. The number of benzene rings is 1. The minimum Gasteiger partial charge on any atom is -0.322 e. The highest BCUT2D eigenvalue weighted by atomic mass is 16.1. The molecule has 3 nitrogen and oxygen atoms in total. The van der Waals surface area contributed by atoms with E-state index < -0.39 is 5.54 Å². The summed E-state index contributed by atoms with van der Waals surface area (Å²) in [6.45, 7) is 7.98. The maximum atomic E-state index is 12.1. The summed E-state index contributed by atoms with van der Waals surface area (Å²) in [4.78, 5) is 15.0. The largest absolute Gasteiger partial charge is 0.322 e. The lowest BCUT2D eigenvalue weighted by Crippen LogP contribution is -2.35. The first-order valence-corrected chi connectivity index (χ1v) is 6.92. The van der Waals surface area contributed by atoms with Gasteiger partial charge in [-0.15, -0.1) is 0 Å². The van der Waals surface area contributed by atoms with Crippen LogP contribution in [0, 0.1) is 0 Å². The summed E-state index contributed by atoms with van der Waals surface area (Å²) in [7, 11) is 0. The normalized spacial score (nSPS) is 11.9. The maximum absolute atomic E-state index is 12.1. The molecular formula is C17H22N2O. The summed E-state index contributed by atoms with van der Waals surface area (Å²) in [6.07, 6.45) is 0. The SMILES string of the molecule is CC(C)c1ccc(-c2ccc(C(C)(C)N)c(=O)[nH]2)cc1. The van der Waals surface area contributed by atoms with Crippen molar-refractivity contribution < 1.29 is 0 Å². The van der Waals surface area contributed by atoms with Crippen molar-refractivity contribution in [1.29, 1.82) is 0 Å². The van der Waals surface area contributed by atoms with Gasteiger partial charge in [0.25, 0.3) is 5.56 Å². The van der Waals surface area contributed by atoms with Gasteiger partial charge in [-0.2, -0.15) is 0 Å². The molecule has 0 saturated carbocycles. The number of hydrogen-bond donors (Lipinski definition) is 2. The van der Waals surface area contributed by atoms with Crippen LogP contribution in [-0.2, 0) is 5.54 Å². The molecule has 3 N–H and O–H groups in total. The summed E-state index contributed by atoms with van der Waals surface area (Å²) in [6, 6.07) is 12.0. The number of aromatic nitrogens is 1. The molecule has 1 aromatic carbocycles. The third-order valence-electron chi connectivity index (χ3n) is 3.49. The van der Waals surface area contributed by atoms with Gasteiger partial charge in [-0.25, -0.2) is 0 Å². The first-order chi connectivity index (χ1) is 9.29. The van der Waals surface area contributed by atoms with Gasteiger partial charge in [0.2, 0.25) is 0 Å². The molecule has 1 aromatic heterocycles. The molecule has 3 heteroatoms. The topological polar surface area (TPSA) is 58.9 Å². The van der Waals surface area contributed by atoms with Crippen molar-refractivity contribution in [3.05, 3.63) is 57.9 Å². The van der Waals surface area contributed by atoms with E-state index in [1.54, 1.807) is 0 Å². The smallest absolute Gasteiger partial charge is 0.253 e. The first-order valence-electron chi connectivity index (χ1n) is 6.92. The van der Waals surface area contributed by atoms with Crippen molar-refractivity contribution in [2.45, 2.75) is 39.2 Å². The number of rotatable bonds is 3. The number of pyridine rings is 1. The second kappa shape index (κ2) is 5.25. The highest BCUT2D eigenvalue weighted by molar-refractivity contribution is 5.59. The van der Waals surface area contributed by atoms with Gasteiger partial charge >= 0.3 is 0 Å². The summed E-state index contributed by atoms with van der Waals surface area (Å²) in [5.74, 6) is 0.503. The summed E-state index contributed by atoms with van der Waals surface area (Å²) in [5.41, 5.74) is 8.94. The van der Waals surface area contributed by atoms with Crippen LogP contribution < -0.4 is 11.3 Å². The molecule has 0 radical (unpaired) electrons. The van der Waals surface area contributed by atoms with Crippen LogP contribution in [0.25, 0.3) is 11.3 Å². The number of hydrogen-bond acceptors (Lipinski definition) is 2. The van der Waals surface area contributed by atoms with Gasteiger partial charge in [-0.3, -0.25) is 4.79 Å². The van der Waals surface area contributed by atoms with Gasteiger partial charge < -0.3 is 10.7 Å². The van der Waals surface area contributed by atoms with Crippen LogP contribution in [0.3, 0.4) is 0 Å². The van der Waals surface area contributed by atoms with E-state index in [1.165, 1.54) is 5.56 Å². The van der Waals surface area contributed by atoms with E-state index in [0.717, 1.165) is 11.3 Å². The van der Waals surface area contributed by atoms with E-state index in [9.17, 15) is 4.79 Å². The lowest BCUT2D eigenvalue weighted by Gasteiger charge is -2.18. The van der Waals surface area contributed by atoms with E-state index in [4.69, 9.17) is 5.73 Å². The van der Waals surface area contributed by atoms with Gasteiger partial charge in [-0.1, -0.05) is 38.1 Å². The summed E-state index contributed by atoms with van der Waals surface area (Å²) >= 11 is 0. The Morgan fingerprint density at radius 1 is 1.05 bits per heavy atom. The van der Waals surface area contributed by atoms with Gasteiger partial charge in [-0.05, 0) is 43.0 Å². The van der Waals surface area contributed by atoms with E-state index in [-0.39, 0.29) is 5.56 Å². The van der Waals surface area contributed by atoms with Crippen molar-refractivity contribution in [3.8, 4) is 11.3 Å². The lowest BCUT2D eigenvalue weighted by molar-refractivity contribution is 0.547. The Bertz CT molecular complexity index is 646. The molecule has 0 fully saturated rings. The number of nitrogens with one attached hydrogen (secondary N) is 1. The van der Waals surface area contributed by atoms with Crippen LogP contribution in [-0.4, -0.2) is 4.98 Å². The zero-order valence-electron chi connectivity index (χ0n) is 12.5. The van der Waals surface area contributed by atoms with Crippen molar-refractivity contribution in [1.82, 2.24) is 4.98 Å². The minimum atomic E-state index is -0.631. The van der Waals surface area contributed by atoms with Gasteiger partial charge in [0, 0.05) is 16.8 Å². The second-order valence-electron chi connectivity index (χ2n) is 6.11. The van der Waals surface area contributed by atoms with E-state index in [0.29, 0.717) is 11.5 Å². The van der Waals surface area contributed by atoms with Crippen LogP contribution in [0.15, 0.2) is 41.2 Å². The van der Waals surface area contributed by atoms with E-state index in [1.807, 2.05) is 38.1 Å². The molecule has 0 bridgehead atoms. The van der Waals surface area contributed by atoms with E-state index in [2.05, 4.69) is 31.0 Å². The lowest BCUT2D eigenvalue weighted by atomic mass is 9.96. The molecular weight excluding hydrogens is 248 g/mol. The second-order valence-corrected chi connectivity index (χ2v) is 6.11. The average molecular weight is 270 g/mol. The first kappa shape index (κ1) is 14.5. The molecule has 2 aromatic rings. The van der Waals surface area contributed by atoms with Gasteiger partial charge in [0.05, 0.1) is 0 Å². The zero-order valence-corrected chi connectivity index (χ0v) is 12.5. The molecule has 0 aliphatic heterocycles. The molecule has 0 amide bonds. The molecule has 0 atom stereocenters. The zero-order chi connectivity index (χ0) is 14.9. The summed E-state index contributed by atoms with van der Waals surface area (Å²) < 4.78 is 0. The fraction of sp³-hybridized carbons (Fsp3) is 0.353. The Morgan fingerprint density at radius 3 is 2.10 bits per heavy atom. The molecule has 0 spiro atoms. The van der Waals surface area contributed by atoms with Crippen molar-refractivity contribution in [2.75, 3.05) is 0 Å². The predicted octanol–water partition coefficient (Wildman–Crippen LogP) is 3.36. The quantitative estimate of drug-likeness (QED) is 0.898. The fourth-order valence-corrected chi connectivity index (χ4v) is 2.20. The standard InChI is InChI=1S/C17H22N2O/c1-11(2)12-5-7-13(8-6-12)15-10-9-14(16(20)19-15)17(3,4)18/h5-11H,18H2,1-4H3,(H,19,20). The fourth-order valence-electron chi connectivity index (χ4n) is 2.20. The molecule has 1 heterocycles. The highest BCUT2D eigenvalue weighted by Gasteiger charge is 2.18. The van der Waals surface area contributed by atoms with Crippen molar-refractivity contribution in [2.24, 2.45) is 5.73 Å². The number of H-pyrrole nitrogens is 1. The molecule has 0 unspecified atom stereocenters. The molecule has 106 valence electrons. The monoisotopic (exact) mass is 270 g/mol. The molecule has 0 aliphatic rings. The minimum absolute atomic E-state index is 0.122. The average Bonchev–Trinajstić information content (AvgIpc) is 2.37. The van der Waals surface area contributed by atoms with Crippen LogP contribution in [0.5, 0.6) is 0 Å². The van der Waals surface area contributed by atoms with Gasteiger partial charge in [0.1, 0.15) is 0 Å². The van der Waals surface area contributed by atoms with E-state index >= 15 is 0 Å². The number of aromatic amines is 1. The summed E-state index contributed by atoms with van der Waals surface area (Å²) in [5, 5.41) is 0. The molecule has 0 saturated heterocycles. The third kappa shape index (κ3) is 2.99. The van der Waals surface area contributed by atoms with Crippen molar-refractivity contribution in [3.63, 3.8) is 0 Å². The third-order valence-corrected chi connectivity index (χ3v) is 3.49. The van der Waals surface area contributed by atoms with Crippen LogP contribution in [0.4, 0.5) is 0 Å². The van der Waals surface area contributed by atoms with Crippen molar-refractivity contribution >= 4 is 0 Å². The Labute approximate surface area is 119 Å². The highest BCUT2D eigenvalue weighted by Crippen LogP contribution is 2.21. The van der Waals surface area contributed by atoms with Gasteiger partial charge in [0.15, 0.2) is 0 Å². The van der Waals surface area contributed by atoms with Crippen LogP contribution in [0.1, 0.15) is 44.7 Å². The predicted molar refractivity (Wildman–Crippen MR) is 83.8 cm³/mol.